The van der Waals surface area contributed by atoms with Crippen LogP contribution in [0.5, 0.6) is 17.2 Å². The normalized spacial score (nSPS) is 13.1. The molecule has 0 radical (unpaired) electrons. The summed E-state index contributed by atoms with van der Waals surface area (Å²) in [5.74, 6) is -0.284. The van der Waals surface area contributed by atoms with E-state index in [9.17, 15) is 20.0 Å². The highest BCUT2D eigenvalue weighted by molar-refractivity contribution is 6.16. The number of methoxy groups -OCH3 is 1. The lowest BCUT2D eigenvalue weighted by atomic mass is 9.95. The quantitative estimate of drug-likeness (QED) is 0.325. The zero-order chi connectivity index (χ0) is 22.1. The monoisotopic (exact) mass is 425 g/mol. The van der Waals surface area contributed by atoms with E-state index < -0.39 is 22.1 Å². The molecule has 1 N–H and O–H groups in total. The molecule has 1 aliphatic carbocycles. The Balaban J connectivity index is 1.80. The molecular formula is C21H19N3O7. The standard InChI is InChI=1S/C21H19N3O7/c1-11-22-21(23-31-11)15-9-16(29-2)20(26)18(24(27)28)17(15)19(25)13-5-7-14(8-6-13)30-10-12-3-4-12/h5-9,12,26H,3-4,10H2,1-2H3. The SMILES string of the molecule is COc1cc(-c2noc(C)n2)c(C(=O)c2ccc(OCC3CC3)cc2)c([N+](=O)[O-])c1O. The third-order valence-electron chi connectivity index (χ3n) is 4.94. The molecule has 1 fully saturated rings. The summed E-state index contributed by atoms with van der Waals surface area (Å²) in [6.07, 6.45) is 2.30. The molecule has 1 aromatic heterocycles. The molecule has 0 aliphatic heterocycles. The van der Waals surface area contributed by atoms with Crippen molar-refractivity contribution < 1.29 is 28.8 Å². The van der Waals surface area contributed by atoms with Gasteiger partial charge in [0.15, 0.2) is 5.75 Å². The van der Waals surface area contributed by atoms with E-state index in [-0.39, 0.29) is 34.2 Å². The Morgan fingerprint density at radius 3 is 2.58 bits per heavy atom. The summed E-state index contributed by atoms with van der Waals surface area (Å²) < 4.78 is 15.7. The highest BCUT2D eigenvalue weighted by atomic mass is 16.6. The van der Waals surface area contributed by atoms with E-state index in [4.69, 9.17) is 14.0 Å². The van der Waals surface area contributed by atoms with Crippen molar-refractivity contribution in [1.29, 1.82) is 0 Å². The van der Waals surface area contributed by atoms with Gasteiger partial charge in [0.2, 0.25) is 23.2 Å². The van der Waals surface area contributed by atoms with Crippen LogP contribution < -0.4 is 9.47 Å². The van der Waals surface area contributed by atoms with Crippen molar-refractivity contribution in [3.05, 3.63) is 57.5 Å². The Labute approximate surface area is 176 Å². The van der Waals surface area contributed by atoms with Gasteiger partial charge >= 0.3 is 5.69 Å². The molecule has 0 unspecified atom stereocenters. The van der Waals surface area contributed by atoms with Gasteiger partial charge < -0.3 is 19.1 Å². The molecule has 10 nitrogen and oxygen atoms in total. The molecule has 0 spiro atoms. The third-order valence-corrected chi connectivity index (χ3v) is 4.94. The van der Waals surface area contributed by atoms with Gasteiger partial charge in [-0.3, -0.25) is 14.9 Å². The Morgan fingerprint density at radius 1 is 1.32 bits per heavy atom. The summed E-state index contributed by atoms with van der Waals surface area (Å²) in [5.41, 5.74) is -0.975. The number of hydrogen-bond acceptors (Lipinski definition) is 9. The zero-order valence-corrected chi connectivity index (χ0v) is 16.8. The predicted molar refractivity (Wildman–Crippen MR) is 107 cm³/mol. The summed E-state index contributed by atoms with van der Waals surface area (Å²) >= 11 is 0. The van der Waals surface area contributed by atoms with Gasteiger partial charge in [-0.15, -0.1) is 0 Å². The molecular weight excluding hydrogens is 406 g/mol. The Hall–Kier alpha value is -3.95. The molecule has 10 heteroatoms. The van der Waals surface area contributed by atoms with Crippen LogP contribution >= 0.6 is 0 Å². The van der Waals surface area contributed by atoms with Gasteiger partial charge in [-0.25, -0.2) is 0 Å². The predicted octanol–water partition coefficient (Wildman–Crippen LogP) is 3.69. The highest BCUT2D eigenvalue weighted by Crippen LogP contribution is 2.44. The van der Waals surface area contributed by atoms with E-state index in [1.165, 1.54) is 25.3 Å². The maximum atomic E-state index is 13.3. The van der Waals surface area contributed by atoms with Gasteiger partial charge in [0.1, 0.15) is 11.3 Å². The summed E-state index contributed by atoms with van der Waals surface area (Å²) in [6.45, 7) is 2.16. The van der Waals surface area contributed by atoms with Crippen LogP contribution in [0.25, 0.3) is 11.4 Å². The third kappa shape index (κ3) is 4.04. The lowest BCUT2D eigenvalue weighted by Gasteiger charge is -2.12. The number of carbonyl (C=O) groups excluding carboxylic acids is 1. The molecule has 1 saturated carbocycles. The number of hydrogen-bond donors (Lipinski definition) is 1. The second-order valence-corrected chi connectivity index (χ2v) is 7.20. The highest BCUT2D eigenvalue weighted by Gasteiger charge is 2.34. The lowest BCUT2D eigenvalue weighted by Crippen LogP contribution is -2.09. The summed E-state index contributed by atoms with van der Waals surface area (Å²) in [4.78, 5) is 28.4. The van der Waals surface area contributed by atoms with Crippen molar-refractivity contribution >= 4 is 11.5 Å². The molecule has 31 heavy (non-hydrogen) atoms. The number of aromatic nitrogens is 2. The first kappa shape index (κ1) is 20.3. The molecule has 0 saturated heterocycles. The van der Waals surface area contributed by atoms with Crippen LogP contribution in [-0.4, -0.2) is 39.7 Å². The average Bonchev–Trinajstić information content (AvgIpc) is 3.50. The van der Waals surface area contributed by atoms with Gasteiger partial charge in [0.05, 0.1) is 18.6 Å². The fourth-order valence-electron chi connectivity index (χ4n) is 3.13. The van der Waals surface area contributed by atoms with E-state index in [1.54, 1.807) is 19.1 Å². The van der Waals surface area contributed by atoms with E-state index >= 15 is 0 Å². The first-order valence-electron chi connectivity index (χ1n) is 9.55. The van der Waals surface area contributed by atoms with E-state index in [0.717, 1.165) is 12.8 Å². The fourth-order valence-corrected chi connectivity index (χ4v) is 3.13. The van der Waals surface area contributed by atoms with Crippen molar-refractivity contribution in [2.75, 3.05) is 13.7 Å². The van der Waals surface area contributed by atoms with Gasteiger partial charge in [-0.1, -0.05) is 5.16 Å². The number of benzene rings is 2. The number of aromatic hydroxyl groups is 1. The van der Waals surface area contributed by atoms with Crippen LogP contribution in [-0.2, 0) is 0 Å². The second kappa shape index (κ2) is 8.05. The zero-order valence-electron chi connectivity index (χ0n) is 16.8. The van der Waals surface area contributed by atoms with Crippen molar-refractivity contribution in [2.45, 2.75) is 19.8 Å². The van der Waals surface area contributed by atoms with Crippen molar-refractivity contribution in [3.63, 3.8) is 0 Å². The topological polar surface area (TPSA) is 138 Å². The molecule has 2 aromatic carbocycles. The number of nitrogens with zero attached hydrogens (tertiary/aromatic N) is 3. The minimum atomic E-state index is -0.839. The van der Waals surface area contributed by atoms with E-state index in [0.29, 0.717) is 18.3 Å². The molecule has 1 aliphatic rings. The average molecular weight is 425 g/mol. The number of phenolic OH excluding ortho intramolecular Hbond substituents is 1. The number of phenols is 1. The van der Waals surface area contributed by atoms with Gasteiger partial charge in [0, 0.05) is 18.1 Å². The first-order chi connectivity index (χ1) is 14.9. The van der Waals surface area contributed by atoms with Crippen molar-refractivity contribution in [2.24, 2.45) is 5.92 Å². The first-order valence-corrected chi connectivity index (χ1v) is 9.55. The van der Waals surface area contributed by atoms with E-state index in [1.807, 2.05) is 0 Å². The lowest BCUT2D eigenvalue weighted by molar-refractivity contribution is -0.386. The smallest absolute Gasteiger partial charge is 0.326 e. The van der Waals surface area contributed by atoms with Crippen LogP contribution in [0.2, 0.25) is 0 Å². The van der Waals surface area contributed by atoms with Gasteiger partial charge in [-0.05, 0) is 49.1 Å². The summed E-state index contributed by atoms with van der Waals surface area (Å²) in [7, 11) is 1.24. The molecule has 0 bridgehead atoms. The van der Waals surface area contributed by atoms with Crippen LogP contribution in [0.3, 0.4) is 0 Å². The summed E-state index contributed by atoms with van der Waals surface area (Å²) in [6, 6.07) is 7.56. The van der Waals surface area contributed by atoms with Crippen molar-refractivity contribution in [1.82, 2.24) is 10.1 Å². The number of rotatable bonds is 8. The van der Waals surface area contributed by atoms with Crippen molar-refractivity contribution in [3.8, 4) is 28.6 Å². The Kier molecular flexibility index (Phi) is 5.28. The maximum Gasteiger partial charge on any atom is 0.326 e. The number of carbonyl (C=O) groups is 1. The number of ether oxygens (including phenoxy) is 2. The number of nitro groups is 1. The molecule has 0 amide bonds. The van der Waals surface area contributed by atoms with Gasteiger partial charge in [-0.2, -0.15) is 4.98 Å². The van der Waals surface area contributed by atoms with Crippen LogP contribution in [0.4, 0.5) is 5.69 Å². The van der Waals surface area contributed by atoms with Gasteiger partial charge in [0.25, 0.3) is 0 Å². The number of nitro benzene ring substituents is 1. The Bertz CT molecular complexity index is 1150. The molecule has 160 valence electrons. The largest absolute Gasteiger partial charge is 0.499 e. The minimum absolute atomic E-state index is 0.0114. The number of aryl methyl sites for hydroxylation is 1. The molecule has 0 atom stereocenters. The molecule has 1 heterocycles. The van der Waals surface area contributed by atoms with E-state index in [2.05, 4.69) is 10.1 Å². The fraction of sp³-hybridized carbons (Fsp3) is 0.286. The molecule has 4 rings (SSSR count). The minimum Gasteiger partial charge on any atom is -0.499 e. The van der Waals surface area contributed by atoms with Crippen LogP contribution in [0.1, 0.15) is 34.7 Å². The maximum absolute atomic E-state index is 13.3. The molecule has 3 aromatic rings. The van der Waals surface area contributed by atoms with Crippen LogP contribution in [0.15, 0.2) is 34.9 Å². The Morgan fingerprint density at radius 2 is 2.03 bits per heavy atom. The second-order valence-electron chi connectivity index (χ2n) is 7.20. The summed E-state index contributed by atoms with van der Waals surface area (Å²) in [5, 5.41) is 26.0. The van der Waals surface area contributed by atoms with Crippen LogP contribution in [0, 0.1) is 23.0 Å². The number of ketones is 1.